The van der Waals surface area contributed by atoms with Gasteiger partial charge in [-0.25, -0.2) is 0 Å². The summed E-state index contributed by atoms with van der Waals surface area (Å²) in [5.74, 6) is -1.01. The van der Waals surface area contributed by atoms with Crippen LogP contribution in [0.4, 0.5) is 11.4 Å². The molecule has 0 radical (unpaired) electrons. The van der Waals surface area contributed by atoms with E-state index in [1.807, 2.05) is 0 Å². The van der Waals surface area contributed by atoms with Crippen LogP contribution in [0.25, 0.3) is 11.1 Å². The van der Waals surface area contributed by atoms with Crippen molar-refractivity contribution in [2.24, 2.45) is 0 Å². The molecule has 1 aliphatic carbocycles. The number of carbonyl (C=O) groups is 1. The van der Waals surface area contributed by atoms with Crippen LogP contribution in [0, 0.1) is 10.1 Å². The number of carboxylic acid groups (broad SMARTS) is 1. The summed E-state index contributed by atoms with van der Waals surface area (Å²) in [6.45, 7) is -0.277. The predicted octanol–water partition coefficient (Wildman–Crippen LogP) is 3.22. The van der Waals surface area contributed by atoms with E-state index in [0.29, 0.717) is 41.6 Å². The largest absolute Gasteiger partial charge is 0.755 e. The van der Waals surface area contributed by atoms with Gasteiger partial charge in [0.1, 0.15) is 6.54 Å². The van der Waals surface area contributed by atoms with E-state index in [9.17, 15) is 23.7 Å². The number of non-ortho nitro benzene ring substituents is 1. The van der Waals surface area contributed by atoms with Crippen molar-refractivity contribution in [2.75, 3.05) is 4.31 Å². The van der Waals surface area contributed by atoms with Gasteiger partial charge in [0.2, 0.25) is 0 Å². The van der Waals surface area contributed by atoms with E-state index in [2.05, 4.69) is 5.10 Å². The van der Waals surface area contributed by atoms with Gasteiger partial charge < -0.3 is 9.66 Å². The second kappa shape index (κ2) is 8.89. The molecule has 0 aliphatic heterocycles. The van der Waals surface area contributed by atoms with E-state index in [1.165, 1.54) is 21.1 Å². The van der Waals surface area contributed by atoms with E-state index in [0.717, 1.165) is 5.69 Å². The molecule has 1 aliphatic rings. The van der Waals surface area contributed by atoms with Crippen molar-refractivity contribution in [3.63, 3.8) is 0 Å². The Morgan fingerprint density at radius 2 is 2.00 bits per heavy atom. The molecule has 0 spiro atoms. The van der Waals surface area contributed by atoms with E-state index in [-0.39, 0.29) is 12.2 Å². The fourth-order valence-electron chi connectivity index (χ4n) is 4.07. The van der Waals surface area contributed by atoms with Gasteiger partial charge in [-0.15, -0.1) is 0 Å². The van der Waals surface area contributed by atoms with Crippen molar-refractivity contribution in [2.45, 2.75) is 31.8 Å². The maximum Gasteiger partial charge on any atom is 0.325 e. The minimum atomic E-state index is -2.58. The number of nitro groups is 1. The molecule has 0 saturated heterocycles. The second-order valence-corrected chi connectivity index (χ2v) is 8.23. The maximum absolute atomic E-state index is 12.2. The van der Waals surface area contributed by atoms with Gasteiger partial charge in [0.15, 0.2) is 0 Å². The molecule has 0 fully saturated rings. The maximum atomic E-state index is 12.2. The van der Waals surface area contributed by atoms with Crippen LogP contribution >= 0.6 is 0 Å². The predicted molar refractivity (Wildman–Crippen MR) is 115 cm³/mol. The smallest absolute Gasteiger partial charge is 0.325 e. The standard InChI is InChI=1S/C21H20N4O6S/c26-21(27)13-23-19-5-2-6-20(18(19)12-22-23)24(32(30)31)16-9-7-14(8-10-16)15-3-1-4-17(11-15)25(28)29/h1,3-4,7-12,20H,2,5-6,13H2,(H,26,27)(H,30,31)/p-1. The number of benzene rings is 2. The molecule has 1 N–H and O–H groups in total. The zero-order valence-corrected chi connectivity index (χ0v) is 17.6. The van der Waals surface area contributed by atoms with Gasteiger partial charge in [-0.05, 0) is 42.5 Å². The molecule has 4 rings (SSSR count). The first kappa shape index (κ1) is 21.7. The van der Waals surface area contributed by atoms with E-state index in [1.54, 1.807) is 42.6 Å². The first-order chi connectivity index (χ1) is 15.3. The number of aliphatic carboxylic acids is 1. The molecule has 0 amide bonds. The van der Waals surface area contributed by atoms with Crippen LogP contribution < -0.4 is 4.31 Å². The zero-order chi connectivity index (χ0) is 22.8. The van der Waals surface area contributed by atoms with Crippen LogP contribution in [0.5, 0.6) is 0 Å². The van der Waals surface area contributed by atoms with Crippen molar-refractivity contribution in [1.29, 1.82) is 0 Å². The van der Waals surface area contributed by atoms with E-state index in [4.69, 9.17) is 5.11 Å². The Morgan fingerprint density at radius 3 is 2.66 bits per heavy atom. The molecule has 11 heteroatoms. The molecule has 10 nitrogen and oxygen atoms in total. The Bertz CT molecular complexity index is 1190. The average Bonchev–Trinajstić information content (AvgIpc) is 3.17. The van der Waals surface area contributed by atoms with E-state index < -0.39 is 28.2 Å². The van der Waals surface area contributed by atoms with Crippen LogP contribution in [-0.4, -0.2) is 34.5 Å². The van der Waals surface area contributed by atoms with Crippen molar-refractivity contribution in [3.05, 3.63) is 76.1 Å². The third-order valence-electron chi connectivity index (χ3n) is 5.47. The van der Waals surface area contributed by atoms with Gasteiger partial charge in [0.05, 0.1) is 17.2 Å². The lowest BCUT2D eigenvalue weighted by Crippen LogP contribution is -2.33. The summed E-state index contributed by atoms with van der Waals surface area (Å²) in [7, 11) is 0. The SMILES string of the molecule is O=C(O)Cn1ncc2c1CCCC2N(c1ccc(-c2cccc([N+](=O)[O-])c2)cc1)S(=O)[O-]. The first-order valence-corrected chi connectivity index (χ1v) is 10.9. The van der Waals surface area contributed by atoms with Gasteiger partial charge in [0, 0.05) is 40.3 Å². The number of carboxylic acids is 1. The fourth-order valence-corrected chi connectivity index (χ4v) is 4.79. The molecule has 0 bridgehead atoms. The van der Waals surface area contributed by atoms with E-state index >= 15 is 0 Å². The highest BCUT2D eigenvalue weighted by atomic mass is 32.2. The highest BCUT2D eigenvalue weighted by Gasteiger charge is 2.30. The van der Waals surface area contributed by atoms with Crippen LogP contribution in [0.1, 0.15) is 30.1 Å². The summed E-state index contributed by atoms with van der Waals surface area (Å²) in [5, 5.41) is 24.3. The summed E-state index contributed by atoms with van der Waals surface area (Å²) in [6.07, 6.45) is 3.44. The van der Waals surface area contributed by atoms with Gasteiger partial charge in [-0.3, -0.25) is 28.1 Å². The second-order valence-electron chi connectivity index (χ2n) is 7.40. The third-order valence-corrected chi connectivity index (χ3v) is 6.26. The molecule has 3 aromatic rings. The molecule has 32 heavy (non-hydrogen) atoms. The van der Waals surface area contributed by atoms with Gasteiger partial charge in [-0.1, -0.05) is 24.3 Å². The molecular formula is C21H19N4O6S-. The Hall–Kier alpha value is -3.57. The fraction of sp³-hybridized carbons (Fsp3) is 0.238. The Balaban J connectivity index is 1.66. The number of fused-ring (bicyclic) bond motifs is 1. The topological polar surface area (TPSA) is 142 Å². The lowest BCUT2D eigenvalue weighted by Gasteiger charge is -2.37. The highest BCUT2D eigenvalue weighted by molar-refractivity contribution is 7.80. The van der Waals surface area contributed by atoms with Crippen LogP contribution in [-0.2, 0) is 29.0 Å². The Morgan fingerprint density at radius 1 is 1.25 bits per heavy atom. The molecule has 166 valence electrons. The molecule has 2 atom stereocenters. The van der Waals surface area contributed by atoms with Gasteiger partial charge in [0.25, 0.3) is 5.69 Å². The number of nitro benzene ring substituents is 1. The molecule has 2 aromatic carbocycles. The Labute approximate surface area is 185 Å². The van der Waals surface area contributed by atoms with Crippen molar-refractivity contribution in [1.82, 2.24) is 9.78 Å². The minimum absolute atomic E-state index is 0.0260. The molecule has 0 saturated carbocycles. The lowest BCUT2D eigenvalue weighted by molar-refractivity contribution is -0.384. The van der Waals surface area contributed by atoms with Crippen LogP contribution in [0.15, 0.2) is 54.7 Å². The zero-order valence-electron chi connectivity index (χ0n) is 16.8. The average molecular weight is 455 g/mol. The molecular weight excluding hydrogens is 436 g/mol. The quantitative estimate of drug-likeness (QED) is 0.327. The Kier molecular flexibility index (Phi) is 6.01. The third kappa shape index (κ3) is 4.25. The van der Waals surface area contributed by atoms with Gasteiger partial charge in [-0.2, -0.15) is 5.10 Å². The summed E-state index contributed by atoms with van der Waals surface area (Å²) in [5.41, 5.74) is 3.21. The van der Waals surface area contributed by atoms with Gasteiger partial charge >= 0.3 is 5.97 Å². The number of hydrogen-bond acceptors (Lipinski definition) is 6. The number of aromatic nitrogens is 2. The summed E-state index contributed by atoms with van der Waals surface area (Å²) in [6, 6.07) is 12.4. The van der Waals surface area contributed by atoms with Crippen molar-refractivity contribution >= 4 is 28.6 Å². The summed E-state index contributed by atoms with van der Waals surface area (Å²) < 4.78 is 27.1. The number of nitrogens with zero attached hydrogens (tertiary/aromatic N) is 4. The number of hydrogen-bond donors (Lipinski definition) is 1. The molecule has 1 aromatic heterocycles. The van der Waals surface area contributed by atoms with Crippen molar-refractivity contribution in [3.8, 4) is 11.1 Å². The molecule has 1 heterocycles. The minimum Gasteiger partial charge on any atom is -0.755 e. The monoisotopic (exact) mass is 455 g/mol. The lowest BCUT2D eigenvalue weighted by atomic mass is 9.92. The van der Waals surface area contributed by atoms with Crippen LogP contribution in [0.3, 0.4) is 0 Å². The number of rotatable bonds is 7. The molecule has 2 unspecified atom stereocenters. The highest BCUT2D eigenvalue weighted by Crippen LogP contribution is 2.38. The summed E-state index contributed by atoms with van der Waals surface area (Å²) in [4.78, 5) is 21.7. The van der Waals surface area contributed by atoms with Crippen molar-refractivity contribution < 1.29 is 23.6 Å². The normalized spacial score (nSPS) is 16.2. The van der Waals surface area contributed by atoms with Crippen LogP contribution in [0.2, 0.25) is 0 Å². The first-order valence-electron chi connectivity index (χ1n) is 9.85. The summed E-state index contributed by atoms with van der Waals surface area (Å²) >= 11 is -2.58. The number of anilines is 1.